The minimum atomic E-state index is -0.833. The van der Waals surface area contributed by atoms with Crippen LogP contribution in [0.1, 0.15) is 20.8 Å². The van der Waals surface area contributed by atoms with Gasteiger partial charge in [0.2, 0.25) is 0 Å². The second kappa shape index (κ2) is 7.39. The molecule has 0 bridgehead atoms. The zero-order valence-electron chi connectivity index (χ0n) is 5.88. The Kier molecular flexibility index (Phi) is 9.21. The summed E-state index contributed by atoms with van der Waals surface area (Å²) in [7, 11) is 0. The summed E-state index contributed by atoms with van der Waals surface area (Å²) >= 11 is 0. The SMILES string of the molecule is CC(=O)O.CC(C)NO. The second-order valence-corrected chi connectivity index (χ2v) is 1.80. The third-order valence-electron chi connectivity index (χ3n) is 0.258. The molecular weight excluding hydrogens is 122 g/mol. The average Bonchev–Trinajstić information content (AvgIpc) is 1.65. The first kappa shape index (κ1) is 11.2. The molecule has 0 aromatic rings. The molecular formula is C5H13NO3. The van der Waals surface area contributed by atoms with Gasteiger partial charge in [-0.15, -0.1) is 0 Å². The lowest BCUT2D eigenvalue weighted by Crippen LogP contribution is -2.16. The van der Waals surface area contributed by atoms with Crippen LogP contribution in [0.25, 0.3) is 0 Å². The Labute approximate surface area is 54.5 Å². The molecule has 0 aromatic heterocycles. The van der Waals surface area contributed by atoms with Gasteiger partial charge in [0.05, 0.1) is 0 Å². The van der Waals surface area contributed by atoms with Crippen LogP contribution in [0.3, 0.4) is 0 Å². The molecule has 0 aliphatic rings. The van der Waals surface area contributed by atoms with E-state index in [1.165, 1.54) is 0 Å². The molecule has 0 rings (SSSR count). The van der Waals surface area contributed by atoms with Crippen molar-refractivity contribution in [2.45, 2.75) is 26.8 Å². The zero-order chi connectivity index (χ0) is 7.86. The van der Waals surface area contributed by atoms with Crippen molar-refractivity contribution < 1.29 is 15.1 Å². The van der Waals surface area contributed by atoms with Gasteiger partial charge in [-0.1, -0.05) is 0 Å². The summed E-state index contributed by atoms with van der Waals surface area (Å²) < 4.78 is 0. The van der Waals surface area contributed by atoms with E-state index in [0.717, 1.165) is 6.92 Å². The van der Waals surface area contributed by atoms with Gasteiger partial charge in [0.15, 0.2) is 0 Å². The van der Waals surface area contributed by atoms with Gasteiger partial charge in [-0.05, 0) is 13.8 Å². The molecule has 4 heteroatoms. The highest BCUT2D eigenvalue weighted by Crippen LogP contribution is 1.66. The number of hydrogen-bond acceptors (Lipinski definition) is 3. The first-order valence-corrected chi connectivity index (χ1v) is 2.59. The van der Waals surface area contributed by atoms with Crippen LogP contribution in [-0.4, -0.2) is 22.3 Å². The highest BCUT2D eigenvalue weighted by molar-refractivity contribution is 5.62. The summed E-state index contributed by atoms with van der Waals surface area (Å²) in [4.78, 5) is 9.00. The molecule has 0 aliphatic heterocycles. The van der Waals surface area contributed by atoms with Crippen molar-refractivity contribution in [3.8, 4) is 0 Å². The van der Waals surface area contributed by atoms with E-state index < -0.39 is 5.97 Å². The van der Waals surface area contributed by atoms with E-state index >= 15 is 0 Å². The van der Waals surface area contributed by atoms with Gasteiger partial charge in [-0.25, -0.2) is 5.48 Å². The summed E-state index contributed by atoms with van der Waals surface area (Å²) in [5.41, 5.74) is 2.03. The lowest BCUT2D eigenvalue weighted by atomic mass is 10.4. The van der Waals surface area contributed by atoms with Crippen LogP contribution in [0.15, 0.2) is 0 Å². The van der Waals surface area contributed by atoms with E-state index in [1.54, 1.807) is 0 Å². The van der Waals surface area contributed by atoms with Gasteiger partial charge in [-0.3, -0.25) is 4.79 Å². The molecule has 0 unspecified atom stereocenters. The predicted molar refractivity (Wildman–Crippen MR) is 33.4 cm³/mol. The van der Waals surface area contributed by atoms with E-state index in [0.29, 0.717) is 0 Å². The summed E-state index contributed by atoms with van der Waals surface area (Å²) in [5.74, 6) is -0.833. The number of hydroxylamine groups is 1. The second-order valence-electron chi connectivity index (χ2n) is 1.80. The third-order valence-corrected chi connectivity index (χ3v) is 0.258. The normalized spacial score (nSPS) is 8.11. The predicted octanol–water partition coefficient (Wildman–Crippen LogP) is 0.465. The van der Waals surface area contributed by atoms with Gasteiger partial charge >= 0.3 is 0 Å². The fourth-order valence-electron chi connectivity index (χ4n) is 0. The molecule has 0 amide bonds. The van der Waals surface area contributed by atoms with Crippen molar-refractivity contribution in [2.75, 3.05) is 0 Å². The van der Waals surface area contributed by atoms with E-state index in [9.17, 15) is 0 Å². The van der Waals surface area contributed by atoms with Crippen molar-refractivity contribution in [1.29, 1.82) is 0 Å². The van der Waals surface area contributed by atoms with E-state index in [4.69, 9.17) is 15.1 Å². The summed E-state index contributed by atoms with van der Waals surface area (Å²) in [6.45, 7) is 4.81. The number of nitrogens with one attached hydrogen (secondary N) is 1. The molecule has 0 atom stereocenters. The molecule has 0 saturated carbocycles. The van der Waals surface area contributed by atoms with Crippen LogP contribution >= 0.6 is 0 Å². The number of rotatable bonds is 1. The van der Waals surface area contributed by atoms with Crippen molar-refractivity contribution in [3.05, 3.63) is 0 Å². The standard InChI is InChI=1S/C3H9NO.C2H4O2/c1-3(2)4-5;1-2(3)4/h3-5H,1-2H3;1H3,(H,3,4). The largest absolute Gasteiger partial charge is 0.481 e. The minimum Gasteiger partial charge on any atom is -0.481 e. The van der Waals surface area contributed by atoms with Crippen LogP contribution in [0, 0.1) is 0 Å². The summed E-state index contributed by atoms with van der Waals surface area (Å²) in [6, 6.07) is 0.190. The first-order valence-electron chi connectivity index (χ1n) is 2.59. The first-order chi connectivity index (χ1) is 4.00. The van der Waals surface area contributed by atoms with Gasteiger partial charge in [0, 0.05) is 13.0 Å². The van der Waals surface area contributed by atoms with Crippen LogP contribution < -0.4 is 5.48 Å². The van der Waals surface area contributed by atoms with Crippen molar-refractivity contribution in [2.24, 2.45) is 0 Å². The molecule has 9 heavy (non-hydrogen) atoms. The summed E-state index contributed by atoms with van der Waals surface area (Å²) in [5, 5.41) is 15.3. The smallest absolute Gasteiger partial charge is 0.300 e. The number of hydrogen-bond donors (Lipinski definition) is 3. The monoisotopic (exact) mass is 135 g/mol. The fraction of sp³-hybridized carbons (Fsp3) is 0.800. The van der Waals surface area contributed by atoms with Crippen molar-refractivity contribution in [1.82, 2.24) is 5.48 Å². The van der Waals surface area contributed by atoms with Crippen LogP contribution in [0.5, 0.6) is 0 Å². The molecule has 0 fully saturated rings. The Bertz CT molecular complexity index is 68.6. The summed E-state index contributed by atoms with van der Waals surface area (Å²) in [6.07, 6.45) is 0. The Morgan fingerprint density at radius 1 is 1.56 bits per heavy atom. The molecule has 0 saturated heterocycles. The molecule has 0 aromatic carbocycles. The number of carbonyl (C=O) groups is 1. The van der Waals surface area contributed by atoms with Gasteiger partial charge in [0.1, 0.15) is 0 Å². The maximum atomic E-state index is 9.00. The quantitative estimate of drug-likeness (QED) is 0.457. The van der Waals surface area contributed by atoms with Crippen LogP contribution in [-0.2, 0) is 4.79 Å². The van der Waals surface area contributed by atoms with Crippen LogP contribution in [0.2, 0.25) is 0 Å². The Balaban J connectivity index is 0. The molecule has 0 radical (unpaired) electrons. The van der Waals surface area contributed by atoms with Gasteiger partial charge in [-0.2, -0.15) is 0 Å². The Morgan fingerprint density at radius 3 is 1.67 bits per heavy atom. The van der Waals surface area contributed by atoms with Gasteiger partial charge < -0.3 is 10.3 Å². The number of carboxylic acid groups (broad SMARTS) is 1. The Morgan fingerprint density at radius 2 is 1.67 bits per heavy atom. The van der Waals surface area contributed by atoms with Crippen LogP contribution in [0.4, 0.5) is 0 Å². The number of carboxylic acids is 1. The molecule has 0 spiro atoms. The maximum Gasteiger partial charge on any atom is 0.300 e. The molecule has 0 aliphatic carbocycles. The highest BCUT2D eigenvalue weighted by Gasteiger charge is 1.78. The fourth-order valence-corrected chi connectivity index (χ4v) is 0. The lowest BCUT2D eigenvalue weighted by Gasteiger charge is -1.93. The molecule has 3 N–H and O–H groups in total. The highest BCUT2D eigenvalue weighted by atomic mass is 16.5. The molecule has 56 valence electrons. The van der Waals surface area contributed by atoms with E-state index in [-0.39, 0.29) is 6.04 Å². The van der Waals surface area contributed by atoms with Crippen molar-refractivity contribution >= 4 is 5.97 Å². The van der Waals surface area contributed by atoms with E-state index in [2.05, 4.69) is 0 Å². The minimum absolute atomic E-state index is 0.190. The van der Waals surface area contributed by atoms with Crippen molar-refractivity contribution in [3.63, 3.8) is 0 Å². The topological polar surface area (TPSA) is 69.6 Å². The Hall–Kier alpha value is -0.610. The van der Waals surface area contributed by atoms with Gasteiger partial charge in [0.25, 0.3) is 5.97 Å². The third kappa shape index (κ3) is 111. The lowest BCUT2D eigenvalue weighted by molar-refractivity contribution is -0.134. The molecule has 0 heterocycles. The average molecular weight is 135 g/mol. The zero-order valence-corrected chi connectivity index (χ0v) is 5.88. The van der Waals surface area contributed by atoms with E-state index in [1.807, 2.05) is 19.3 Å². The maximum absolute atomic E-state index is 9.00. The number of aliphatic carboxylic acids is 1. The molecule has 4 nitrogen and oxygen atoms in total.